The number of aromatic nitrogens is 2. The molecule has 0 radical (unpaired) electrons. The molecular weight excluding hydrogens is 422 g/mol. The van der Waals surface area contributed by atoms with Crippen LogP contribution in [0.3, 0.4) is 0 Å². The van der Waals surface area contributed by atoms with Crippen LogP contribution in [-0.2, 0) is 6.54 Å². The summed E-state index contributed by atoms with van der Waals surface area (Å²) in [6.45, 7) is 5.34. The number of ether oxygens (including phenoxy) is 1. The highest BCUT2D eigenvalue weighted by Crippen LogP contribution is 2.22. The third-order valence-corrected chi connectivity index (χ3v) is 5.65. The number of carbonyl (C=O) groups is 1. The van der Waals surface area contributed by atoms with E-state index in [1.54, 1.807) is 24.3 Å². The van der Waals surface area contributed by atoms with Gasteiger partial charge in [-0.05, 0) is 68.3 Å². The number of hydrogen-bond donors (Lipinski definition) is 1. The van der Waals surface area contributed by atoms with Crippen molar-refractivity contribution in [2.75, 3.05) is 6.61 Å². The van der Waals surface area contributed by atoms with Gasteiger partial charge in [0, 0.05) is 17.1 Å². The van der Waals surface area contributed by atoms with Gasteiger partial charge in [-0.25, -0.2) is 4.98 Å². The molecule has 1 aromatic heterocycles. The van der Waals surface area contributed by atoms with Crippen molar-refractivity contribution in [3.8, 4) is 5.75 Å². The van der Waals surface area contributed by atoms with E-state index in [4.69, 9.17) is 21.3 Å². The fourth-order valence-corrected chi connectivity index (χ4v) is 3.85. The zero-order chi connectivity index (χ0) is 22.5. The SMILES string of the molecule is Cc1ccccc1OCCCn1c(C(C)NC(=O)c2ccc(Cl)cc2)nc2ccccc21. The van der Waals surface area contributed by atoms with Gasteiger partial charge in [-0.15, -0.1) is 0 Å². The van der Waals surface area contributed by atoms with E-state index in [2.05, 4.69) is 16.0 Å². The number of benzene rings is 3. The number of aryl methyl sites for hydroxylation is 2. The Labute approximate surface area is 193 Å². The van der Waals surface area contributed by atoms with Crippen molar-refractivity contribution in [1.29, 1.82) is 0 Å². The number of para-hydroxylation sites is 3. The second-order valence-electron chi connectivity index (χ2n) is 7.78. The van der Waals surface area contributed by atoms with Gasteiger partial charge in [-0.1, -0.05) is 41.9 Å². The number of fused-ring (bicyclic) bond motifs is 1. The molecule has 0 aliphatic heterocycles. The van der Waals surface area contributed by atoms with E-state index in [0.717, 1.165) is 41.1 Å². The highest BCUT2D eigenvalue weighted by Gasteiger charge is 2.19. The number of halogens is 1. The molecule has 1 atom stereocenters. The van der Waals surface area contributed by atoms with Crippen molar-refractivity contribution in [2.45, 2.75) is 32.9 Å². The quantitative estimate of drug-likeness (QED) is 0.339. The molecule has 0 aliphatic carbocycles. The monoisotopic (exact) mass is 447 g/mol. The van der Waals surface area contributed by atoms with E-state index >= 15 is 0 Å². The minimum atomic E-state index is -0.261. The van der Waals surface area contributed by atoms with Crippen molar-refractivity contribution >= 4 is 28.5 Å². The van der Waals surface area contributed by atoms with Gasteiger partial charge in [0.1, 0.15) is 11.6 Å². The van der Waals surface area contributed by atoms with Crippen molar-refractivity contribution in [1.82, 2.24) is 14.9 Å². The lowest BCUT2D eigenvalue weighted by Gasteiger charge is -2.17. The molecule has 5 nitrogen and oxygen atoms in total. The van der Waals surface area contributed by atoms with Gasteiger partial charge in [0.05, 0.1) is 23.7 Å². The van der Waals surface area contributed by atoms with Crippen LogP contribution < -0.4 is 10.1 Å². The Hall–Kier alpha value is -3.31. The van der Waals surface area contributed by atoms with Crippen LogP contribution in [0.2, 0.25) is 5.02 Å². The van der Waals surface area contributed by atoms with Crippen LogP contribution >= 0.6 is 11.6 Å². The molecule has 32 heavy (non-hydrogen) atoms. The van der Waals surface area contributed by atoms with Crippen LogP contribution in [0, 0.1) is 6.92 Å². The Bertz CT molecular complexity index is 1220. The van der Waals surface area contributed by atoms with Crippen LogP contribution in [0.4, 0.5) is 0 Å². The Balaban J connectivity index is 1.48. The summed E-state index contributed by atoms with van der Waals surface area (Å²) < 4.78 is 8.14. The number of rotatable bonds is 8. The fraction of sp³-hybridized carbons (Fsp3) is 0.231. The smallest absolute Gasteiger partial charge is 0.251 e. The number of carbonyl (C=O) groups excluding carboxylic acids is 1. The highest BCUT2D eigenvalue weighted by molar-refractivity contribution is 6.30. The lowest BCUT2D eigenvalue weighted by molar-refractivity contribution is 0.0937. The largest absolute Gasteiger partial charge is 0.493 e. The number of nitrogens with one attached hydrogen (secondary N) is 1. The molecule has 0 saturated carbocycles. The van der Waals surface area contributed by atoms with Gasteiger partial charge in [-0.2, -0.15) is 0 Å². The van der Waals surface area contributed by atoms with Crippen LogP contribution in [0.15, 0.2) is 72.8 Å². The Morgan fingerprint density at radius 2 is 1.78 bits per heavy atom. The van der Waals surface area contributed by atoms with Gasteiger partial charge in [-0.3, -0.25) is 4.79 Å². The van der Waals surface area contributed by atoms with Gasteiger partial charge in [0.2, 0.25) is 0 Å². The summed E-state index contributed by atoms with van der Waals surface area (Å²) in [5.41, 5.74) is 3.65. The number of nitrogens with zero attached hydrogens (tertiary/aromatic N) is 2. The van der Waals surface area contributed by atoms with Crippen molar-refractivity contribution in [3.63, 3.8) is 0 Å². The van der Waals surface area contributed by atoms with Crippen molar-refractivity contribution in [3.05, 3.63) is 94.8 Å². The van der Waals surface area contributed by atoms with E-state index in [1.807, 2.05) is 56.3 Å². The third kappa shape index (κ3) is 4.94. The third-order valence-electron chi connectivity index (χ3n) is 5.40. The van der Waals surface area contributed by atoms with E-state index in [9.17, 15) is 4.79 Å². The van der Waals surface area contributed by atoms with Crippen LogP contribution in [0.25, 0.3) is 11.0 Å². The average molecular weight is 448 g/mol. The van der Waals surface area contributed by atoms with E-state index in [1.165, 1.54) is 0 Å². The molecule has 4 aromatic rings. The zero-order valence-corrected chi connectivity index (χ0v) is 19.0. The maximum absolute atomic E-state index is 12.7. The second-order valence-corrected chi connectivity index (χ2v) is 8.22. The molecule has 6 heteroatoms. The lowest BCUT2D eigenvalue weighted by Crippen LogP contribution is -2.28. The molecule has 1 heterocycles. The predicted octanol–water partition coefficient (Wildman–Crippen LogP) is 5.96. The minimum Gasteiger partial charge on any atom is -0.493 e. The second kappa shape index (κ2) is 9.88. The van der Waals surface area contributed by atoms with Gasteiger partial charge >= 0.3 is 0 Å². The first kappa shape index (κ1) is 21.9. The summed E-state index contributed by atoms with van der Waals surface area (Å²) in [4.78, 5) is 17.5. The molecule has 3 aromatic carbocycles. The maximum Gasteiger partial charge on any atom is 0.251 e. The number of imidazole rings is 1. The molecule has 1 amide bonds. The first-order chi connectivity index (χ1) is 15.5. The van der Waals surface area contributed by atoms with Gasteiger partial charge in [0.15, 0.2) is 0 Å². The average Bonchev–Trinajstić information content (AvgIpc) is 3.17. The van der Waals surface area contributed by atoms with Crippen LogP contribution in [-0.4, -0.2) is 22.1 Å². The minimum absolute atomic E-state index is 0.157. The molecule has 164 valence electrons. The first-order valence-electron chi connectivity index (χ1n) is 10.7. The summed E-state index contributed by atoms with van der Waals surface area (Å²) in [6.07, 6.45) is 0.819. The van der Waals surface area contributed by atoms with Crippen molar-refractivity contribution < 1.29 is 9.53 Å². The fourth-order valence-electron chi connectivity index (χ4n) is 3.73. The van der Waals surface area contributed by atoms with Crippen LogP contribution in [0.5, 0.6) is 5.75 Å². The molecule has 0 fully saturated rings. The molecule has 1 unspecified atom stereocenters. The predicted molar refractivity (Wildman–Crippen MR) is 128 cm³/mol. The molecule has 1 N–H and O–H groups in total. The molecule has 4 rings (SSSR count). The summed E-state index contributed by atoms with van der Waals surface area (Å²) in [6, 6.07) is 22.6. The Morgan fingerprint density at radius 3 is 2.56 bits per heavy atom. The summed E-state index contributed by atoms with van der Waals surface area (Å²) in [5.74, 6) is 1.58. The van der Waals surface area contributed by atoms with E-state index in [0.29, 0.717) is 17.2 Å². The summed E-state index contributed by atoms with van der Waals surface area (Å²) in [7, 11) is 0. The number of amides is 1. The highest BCUT2D eigenvalue weighted by atomic mass is 35.5. The summed E-state index contributed by atoms with van der Waals surface area (Å²) >= 11 is 5.94. The molecule has 0 saturated heterocycles. The molecule has 0 aliphatic rings. The van der Waals surface area contributed by atoms with E-state index in [-0.39, 0.29) is 11.9 Å². The topological polar surface area (TPSA) is 56.1 Å². The van der Waals surface area contributed by atoms with Gasteiger partial charge in [0.25, 0.3) is 5.91 Å². The molecule has 0 spiro atoms. The molecular formula is C26H26ClN3O2. The van der Waals surface area contributed by atoms with E-state index < -0.39 is 0 Å². The number of hydrogen-bond acceptors (Lipinski definition) is 3. The first-order valence-corrected chi connectivity index (χ1v) is 11.1. The van der Waals surface area contributed by atoms with Gasteiger partial charge < -0.3 is 14.6 Å². The lowest BCUT2D eigenvalue weighted by atomic mass is 10.2. The standard InChI is InChI=1S/C26H26ClN3O2/c1-18-8-3-6-11-24(18)32-17-7-16-30-23-10-5-4-9-22(23)29-25(30)19(2)28-26(31)20-12-14-21(27)15-13-20/h3-6,8-15,19H,7,16-17H2,1-2H3,(H,28,31). The Kier molecular flexibility index (Phi) is 6.76. The maximum atomic E-state index is 12.7. The van der Waals surface area contributed by atoms with Crippen molar-refractivity contribution in [2.24, 2.45) is 0 Å². The summed E-state index contributed by atoms with van der Waals surface area (Å²) in [5, 5.41) is 3.66. The molecule has 0 bridgehead atoms. The normalized spacial score (nSPS) is 12.0. The van der Waals surface area contributed by atoms with Crippen LogP contribution in [0.1, 0.15) is 41.1 Å². The zero-order valence-electron chi connectivity index (χ0n) is 18.2. The Morgan fingerprint density at radius 1 is 1.06 bits per heavy atom.